The van der Waals surface area contributed by atoms with Crippen LogP contribution in [0.1, 0.15) is 28.8 Å². The highest BCUT2D eigenvalue weighted by Gasteiger charge is 2.32. The molecule has 1 saturated heterocycles. The second kappa shape index (κ2) is 9.17. The summed E-state index contributed by atoms with van der Waals surface area (Å²) < 4.78 is 7.17. The fraction of sp³-hybridized carbons (Fsp3) is 0.321. The van der Waals surface area contributed by atoms with E-state index in [4.69, 9.17) is 4.74 Å². The number of hydrogen-bond donors (Lipinski definition) is 3. The third-order valence-electron chi connectivity index (χ3n) is 7.51. The zero-order valence-electron chi connectivity index (χ0n) is 21.0. The number of rotatable bonds is 6. The number of carbonyl (C=O) groups excluding carboxylic acids is 1. The first-order valence-corrected chi connectivity index (χ1v) is 12.5. The Hall–Kier alpha value is -3.95. The van der Waals surface area contributed by atoms with Gasteiger partial charge in [-0.3, -0.25) is 4.79 Å². The summed E-state index contributed by atoms with van der Waals surface area (Å²) in [5.41, 5.74) is 5.61. The second-order valence-corrected chi connectivity index (χ2v) is 9.89. The van der Waals surface area contributed by atoms with Crippen LogP contribution in [0.15, 0.2) is 55.0 Å². The van der Waals surface area contributed by atoms with Crippen molar-refractivity contribution in [3.8, 4) is 11.1 Å². The number of fused-ring (bicyclic) bond motifs is 2. The van der Waals surface area contributed by atoms with Gasteiger partial charge in [-0.1, -0.05) is 6.07 Å². The molecule has 190 valence electrons. The monoisotopic (exact) mass is 498 g/mol. The Morgan fingerprint density at radius 1 is 1.11 bits per heavy atom. The van der Waals surface area contributed by atoms with E-state index in [0.717, 1.165) is 52.2 Å². The topological polar surface area (TPSA) is 105 Å². The standard InChI is InChI=1S/C28H30N6O3/c1-33-12-8-21-20(7-11-29-26(21)33)19-4-5-23(25-22(19)16-31-27(25)35)32-24-6-3-18(15-30-24)34-13-9-28(36,10-14-34)17-37-2/h3-8,11-12,15,36H,9-10,13-14,16-17H2,1-2H3,(H,30,32)(H,31,35). The lowest BCUT2D eigenvalue weighted by atomic mass is 9.92. The van der Waals surface area contributed by atoms with Gasteiger partial charge in [0.2, 0.25) is 0 Å². The van der Waals surface area contributed by atoms with E-state index >= 15 is 0 Å². The number of aromatic nitrogens is 3. The second-order valence-electron chi connectivity index (χ2n) is 9.89. The first-order valence-electron chi connectivity index (χ1n) is 12.5. The molecule has 0 bridgehead atoms. The maximum atomic E-state index is 12.9. The van der Waals surface area contributed by atoms with Crippen molar-refractivity contribution in [3.05, 3.63) is 66.1 Å². The molecule has 1 fully saturated rings. The average Bonchev–Trinajstić information content (AvgIpc) is 3.49. The first-order chi connectivity index (χ1) is 18.0. The summed E-state index contributed by atoms with van der Waals surface area (Å²) in [7, 11) is 3.60. The number of pyridine rings is 2. The normalized spacial score (nSPS) is 16.6. The molecule has 9 nitrogen and oxygen atoms in total. The van der Waals surface area contributed by atoms with E-state index in [1.54, 1.807) is 7.11 Å². The molecule has 37 heavy (non-hydrogen) atoms. The molecule has 0 spiro atoms. The number of anilines is 3. The van der Waals surface area contributed by atoms with Crippen LogP contribution in [0.25, 0.3) is 22.2 Å². The van der Waals surface area contributed by atoms with E-state index < -0.39 is 5.60 Å². The summed E-state index contributed by atoms with van der Waals surface area (Å²) in [6, 6.07) is 12.0. The van der Waals surface area contributed by atoms with E-state index in [1.807, 2.05) is 54.5 Å². The van der Waals surface area contributed by atoms with Crippen molar-refractivity contribution in [3.63, 3.8) is 0 Å². The van der Waals surface area contributed by atoms with Crippen LogP contribution in [-0.2, 0) is 18.3 Å². The number of hydrogen-bond acceptors (Lipinski definition) is 7. The summed E-state index contributed by atoms with van der Waals surface area (Å²) in [6.07, 6.45) is 6.95. The number of nitrogens with one attached hydrogen (secondary N) is 2. The minimum Gasteiger partial charge on any atom is -0.387 e. The van der Waals surface area contributed by atoms with Gasteiger partial charge in [0.1, 0.15) is 11.5 Å². The van der Waals surface area contributed by atoms with Gasteiger partial charge in [0, 0.05) is 51.6 Å². The van der Waals surface area contributed by atoms with Crippen molar-refractivity contribution in [1.82, 2.24) is 19.9 Å². The summed E-state index contributed by atoms with van der Waals surface area (Å²) in [5, 5.41) is 18.0. The SMILES string of the molecule is COCC1(O)CCN(c2ccc(Nc3ccc(-c4ccnc5c4ccn5C)c4c3C(=O)NC4)nc2)CC1. The lowest BCUT2D eigenvalue weighted by molar-refractivity contribution is -0.0471. The van der Waals surface area contributed by atoms with Crippen LogP contribution >= 0.6 is 0 Å². The van der Waals surface area contributed by atoms with Gasteiger partial charge in [-0.2, -0.15) is 0 Å². The Kier molecular flexibility index (Phi) is 5.81. The third-order valence-corrected chi connectivity index (χ3v) is 7.51. The molecule has 4 aromatic rings. The van der Waals surface area contributed by atoms with E-state index in [2.05, 4.69) is 37.6 Å². The number of benzene rings is 1. The minimum absolute atomic E-state index is 0.0915. The molecule has 3 N–H and O–H groups in total. The number of ether oxygens (including phenoxy) is 1. The Bertz CT molecular complexity index is 1470. The smallest absolute Gasteiger partial charge is 0.254 e. The highest BCUT2D eigenvalue weighted by atomic mass is 16.5. The van der Waals surface area contributed by atoms with Crippen LogP contribution in [0, 0.1) is 0 Å². The van der Waals surface area contributed by atoms with E-state index in [0.29, 0.717) is 37.4 Å². The number of carbonyl (C=O) groups is 1. The maximum absolute atomic E-state index is 12.9. The molecule has 3 aromatic heterocycles. The molecule has 9 heteroatoms. The van der Waals surface area contributed by atoms with Gasteiger partial charge >= 0.3 is 0 Å². The summed E-state index contributed by atoms with van der Waals surface area (Å²) >= 11 is 0. The van der Waals surface area contributed by atoms with Crippen molar-refractivity contribution in [2.24, 2.45) is 7.05 Å². The van der Waals surface area contributed by atoms with Crippen LogP contribution in [-0.4, -0.2) is 58.0 Å². The molecule has 1 amide bonds. The molecule has 0 atom stereocenters. The van der Waals surface area contributed by atoms with Gasteiger partial charge in [-0.05, 0) is 59.9 Å². The molecule has 0 unspecified atom stereocenters. The quantitative estimate of drug-likeness (QED) is 0.373. The highest BCUT2D eigenvalue weighted by Crippen LogP contribution is 2.38. The highest BCUT2D eigenvalue weighted by molar-refractivity contribution is 6.07. The lowest BCUT2D eigenvalue weighted by Gasteiger charge is -2.38. The lowest BCUT2D eigenvalue weighted by Crippen LogP contribution is -2.47. The number of aliphatic hydroxyl groups is 1. The first kappa shape index (κ1) is 23.4. The summed E-state index contributed by atoms with van der Waals surface area (Å²) in [6.45, 7) is 2.32. The summed E-state index contributed by atoms with van der Waals surface area (Å²) in [4.78, 5) is 24.2. The van der Waals surface area contributed by atoms with Crippen molar-refractivity contribution in [2.75, 3.05) is 37.0 Å². The Balaban J connectivity index is 1.25. The molecule has 2 aliphatic heterocycles. The predicted molar refractivity (Wildman–Crippen MR) is 143 cm³/mol. The number of piperidine rings is 1. The van der Waals surface area contributed by atoms with E-state index in [1.165, 1.54) is 0 Å². The Labute approximate surface area is 215 Å². The molecule has 0 radical (unpaired) electrons. The zero-order valence-corrected chi connectivity index (χ0v) is 21.0. The van der Waals surface area contributed by atoms with Crippen molar-refractivity contribution in [1.29, 1.82) is 0 Å². The van der Waals surface area contributed by atoms with Crippen LogP contribution in [0.3, 0.4) is 0 Å². The van der Waals surface area contributed by atoms with Gasteiger partial charge in [0.15, 0.2) is 0 Å². The van der Waals surface area contributed by atoms with Gasteiger partial charge in [0.25, 0.3) is 5.91 Å². The molecule has 0 saturated carbocycles. The number of amides is 1. The molecule has 2 aliphatic rings. The van der Waals surface area contributed by atoms with Gasteiger partial charge in [-0.15, -0.1) is 0 Å². The van der Waals surface area contributed by atoms with Crippen LogP contribution < -0.4 is 15.5 Å². The molecule has 5 heterocycles. The number of aryl methyl sites for hydroxylation is 1. The zero-order chi connectivity index (χ0) is 25.6. The number of methoxy groups -OCH3 is 1. The fourth-order valence-corrected chi connectivity index (χ4v) is 5.48. The minimum atomic E-state index is -0.754. The maximum Gasteiger partial charge on any atom is 0.254 e. The fourth-order valence-electron chi connectivity index (χ4n) is 5.48. The number of nitrogens with zero attached hydrogens (tertiary/aromatic N) is 4. The van der Waals surface area contributed by atoms with Gasteiger partial charge in [0.05, 0.1) is 35.3 Å². The van der Waals surface area contributed by atoms with Gasteiger partial charge in [-0.25, -0.2) is 9.97 Å². The van der Waals surface area contributed by atoms with Crippen molar-refractivity contribution < 1.29 is 14.6 Å². The average molecular weight is 499 g/mol. The van der Waals surface area contributed by atoms with Crippen molar-refractivity contribution >= 4 is 34.1 Å². The molecule has 1 aromatic carbocycles. The van der Waals surface area contributed by atoms with Crippen LogP contribution in [0.5, 0.6) is 0 Å². The van der Waals surface area contributed by atoms with E-state index in [-0.39, 0.29) is 5.91 Å². The Morgan fingerprint density at radius 2 is 1.95 bits per heavy atom. The third kappa shape index (κ3) is 4.20. The van der Waals surface area contributed by atoms with Crippen molar-refractivity contribution in [2.45, 2.75) is 25.0 Å². The molecular formula is C28H30N6O3. The van der Waals surface area contributed by atoms with E-state index in [9.17, 15) is 9.90 Å². The largest absolute Gasteiger partial charge is 0.387 e. The summed E-state index contributed by atoms with van der Waals surface area (Å²) in [5.74, 6) is 0.576. The molecule has 0 aliphatic carbocycles. The predicted octanol–water partition coefficient (Wildman–Crippen LogP) is 3.60. The van der Waals surface area contributed by atoms with Crippen LogP contribution in [0.4, 0.5) is 17.2 Å². The van der Waals surface area contributed by atoms with Crippen LogP contribution in [0.2, 0.25) is 0 Å². The molecular weight excluding hydrogens is 468 g/mol. The molecule has 6 rings (SSSR count). The Morgan fingerprint density at radius 3 is 2.70 bits per heavy atom. The van der Waals surface area contributed by atoms with Gasteiger partial charge < -0.3 is 29.9 Å².